The van der Waals surface area contributed by atoms with Gasteiger partial charge in [0.15, 0.2) is 5.82 Å². The van der Waals surface area contributed by atoms with Gasteiger partial charge < -0.3 is 15.0 Å². The van der Waals surface area contributed by atoms with Gasteiger partial charge in [-0.15, -0.1) is 0 Å². The van der Waals surface area contributed by atoms with Crippen molar-refractivity contribution >= 4 is 0 Å². The Bertz CT molecular complexity index is 356. The van der Waals surface area contributed by atoms with Crippen LogP contribution in [0.25, 0.3) is 0 Å². The summed E-state index contributed by atoms with van der Waals surface area (Å²) < 4.78 is 10.8. The summed E-state index contributed by atoms with van der Waals surface area (Å²) in [6, 6.07) is 0. The predicted octanol–water partition coefficient (Wildman–Crippen LogP) is 1.77. The standard InChI is InChI=1S/C12H21N3O2/c1-3-6-12(2,13)11-14-10(15-17-11)8-9-5-4-7-16-9/h9H,3-8,13H2,1-2H3. The van der Waals surface area contributed by atoms with Gasteiger partial charge in [0.25, 0.3) is 0 Å². The van der Waals surface area contributed by atoms with E-state index < -0.39 is 5.54 Å². The maximum absolute atomic E-state index is 6.14. The van der Waals surface area contributed by atoms with Gasteiger partial charge in [0.1, 0.15) is 0 Å². The van der Waals surface area contributed by atoms with Crippen LogP contribution < -0.4 is 5.73 Å². The van der Waals surface area contributed by atoms with E-state index in [1.165, 1.54) is 0 Å². The van der Waals surface area contributed by atoms with Crippen LogP contribution in [-0.2, 0) is 16.7 Å². The molecule has 2 unspecified atom stereocenters. The molecule has 0 bridgehead atoms. The first-order chi connectivity index (χ1) is 8.12. The molecular formula is C12H21N3O2. The molecule has 96 valence electrons. The van der Waals surface area contributed by atoms with Gasteiger partial charge >= 0.3 is 0 Å². The maximum atomic E-state index is 6.14. The Labute approximate surface area is 102 Å². The molecule has 2 N–H and O–H groups in total. The van der Waals surface area contributed by atoms with Crippen LogP contribution in [0.3, 0.4) is 0 Å². The fourth-order valence-electron chi connectivity index (χ4n) is 2.20. The van der Waals surface area contributed by atoms with E-state index in [0.29, 0.717) is 11.7 Å². The minimum atomic E-state index is -0.517. The van der Waals surface area contributed by atoms with Crippen molar-refractivity contribution < 1.29 is 9.26 Å². The molecule has 0 saturated carbocycles. The zero-order valence-corrected chi connectivity index (χ0v) is 10.6. The van der Waals surface area contributed by atoms with Crippen LogP contribution in [-0.4, -0.2) is 22.9 Å². The highest BCUT2D eigenvalue weighted by molar-refractivity contribution is 5.00. The molecule has 1 aromatic rings. The van der Waals surface area contributed by atoms with E-state index in [1.54, 1.807) is 0 Å². The van der Waals surface area contributed by atoms with Gasteiger partial charge in [-0.05, 0) is 26.2 Å². The molecule has 1 aromatic heterocycles. The van der Waals surface area contributed by atoms with E-state index in [9.17, 15) is 0 Å². The number of hydrogen-bond donors (Lipinski definition) is 1. The highest BCUT2D eigenvalue weighted by Crippen LogP contribution is 2.22. The highest BCUT2D eigenvalue weighted by atomic mass is 16.5. The van der Waals surface area contributed by atoms with Crippen molar-refractivity contribution in [1.29, 1.82) is 0 Å². The molecule has 2 atom stereocenters. The van der Waals surface area contributed by atoms with Crippen molar-refractivity contribution in [3.05, 3.63) is 11.7 Å². The summed E-state index contributed by atoms with van der Waals surface area (Å²) in [6.07, 6.45) is 5.02. The van der Waals surface area contributed by atoms with Crippen LogP contribution in [0.15, 0.2) is 4.52 Å². The lowest BCUT2D eigenvalue weighted by Gasteiger charge is -2.18. The molecule has 2 rings (SSSR count). The van der Waals surface area contributed by atoms with Crippen molar-refractivity contribution in [2.24, 2.45) is 5.73 Å². The van der Waals surface area contributed by atoms with Crippen molar-refractivity contribution in [1.82, 2.24) is 10.1 Å². The van der Waals surface area contributed by atoms with Gasteiger partial charge in [-0.25, -0.2) is 0 Å². The largest absolute Gasteiger partial charge is 0.378 e. The normalized spacial score (nSPS) is 23.8. The Morgan fingerprint density at radius 2 is 2.35 bits per heavy atom. The van der Waals surface area contributed by atoms with Crippen LogP contribution in [0.1, 0.15) is 51.2 Å². The second kappa shape index (κ2) is 5.14. The third-order valence-corrected chi connectivity index (χ3v) is 3.16. The predicted molar refractivity (Wildman–Crippen MR) is 63.4 cm³/mol. The van der Waals surface area contributed by atoms with E-state index in [2.05, 4.69) is 17.1 Å². The molecule has 1 fully saturated rings. The molecule has 0 aliphatic carbocycles. The van der Waals surface area contributed by atoms with E-state index in [0.717, 1.165) is 38.7 Å². The zero-order valence-electron chi connectivity index (χ0n) is 10.6. The molecule has 0 aromatic carbocycles. The van der Waals surface area contributed by atoms with Gasteiger partial charge in [-0.1, -0.05) is 18.5 Å². The summed E-state index contributed by atoms with van der Waals surface area (Å²) in [7, 11) is 0. The van der Waals surface area contributed by atoms with Crippen LogP contribution in [0.2, 0.25) is 0 Å². The molecule has 0 radical (unpaired) electrons. The molecule has 17 heavy (non-hydrogen) atoms. The third kappa shape index (κ3) is 3.04. The van der Waals surface area contributed by atoms with Crippen LogP contribution >= 0.6 is 0 Å². The van der Waals surface area contributed by atoms with Gasteiger partial charge in [0.2, 0.25) is 5.89 Å². The van der Waals surface area contributed by atoms with E-state index >= 15 is 0 Å². The van der Waals surface area contributed by atoms with Crippen LogP contribution in [0.4, 0.5) is 0 Å². The van der Waals surface area contributed by atoms with Crippen molar-refractivity contribution in [2.75, 3.05) is 6.61 Å². The molecule has 0 amide bonds. The van der Waals surface area contributed by atoms with Crippen molar-refractivity contribution in [2.45, 2.75) is 57.6 Å². The molecular weight excluding hydrogens is 218 g/mol. The Kier molecular flexibility index (Phi) is 3.79. The first-order valence-electron chi connectivity index (χ1n) is 6.35. The number of rotatable bonds is 5. The first kappa shape index (κ1) is 12.5. The van der Waals surface area contributed by atoms with Gasteiger partial charge in [0, 0.05) is 13.0 Å². The van der Waals surface area contributed by atoms with Crippen LogP contribution in [0, 0.1) is 0 Å². The lowest BCUT2D eigenvalue weighted by molar-refractivity contribution is 0.109. The van der Waals surface area contributed by atoms with Crippen molar-refractivity contribution in [3.8, 4) is 0 Å². The van der Waals surface area contributed by atoms with Crippen LogP contribution in [0.5, 0.6) is 0 Å². The zero-order chi connectivity index (χ0) is 12.3. The SMILES string of the molecule is CCCC(C)(N)c1nc(CC2CCCO2)no1. The molecule has 1 saturated heterocycles. The van der Waals surface area contributed by atoms with Crippen molar-refractivity contribution in [3.63, 3.8) is 0 Å². The summed E-state index contributed by atoms with van der Waals surface area (Å²) in [5.74, 6) is 1.24. The lowest BCUT2D eigenvalue weighted by atomic mass is 9.98. The number of hydrogen-bond acceptors (Lipinski definition) is 5. The van der Waals surface area contributed by atoms with E-state index in [1.807, 2.05) is 6.92 Å². The maximum Gasteiger partial charge on any atom is 0.246 e. The Morgan fingerprint density at radius 1 is 1.53 bits per heavy atom. The molecule has 2 heterocycles. The number of aromatic nitrogens is 2. The number of nitrogens with zero attached hydrogens (tertiary/aromatic N) is 2. The van der Waals surface area contributed by atoms with Gasteiger partial charge in [0.05, 0.1) is 11.6 Å². The third-order valence-electron chi connectivity index (χ3n) is 3.16. The molecule has 1 aliphatic heterocycles. The fourth-order valence-corrected chi connectivity index (χ4v) is 2.20. The monoisotopic (exact) mass is 239 g/mol. The Balaban J connectivity index is 1.99. The second-order valence-corrected chi connectivity index (χ2v) is 5.02. The smallest absolute Gasteiger partial charge is 0.246 e. The topological polar surface area (TPSA) is 74.2 Å². The van der Waals surface area contributed by atoms with Gasteiger partial charge in [-0.3, -0.25) is 0 Å². The average Bonchev–Trinajstić information content (AvgIpc) is 2.89. The Morgan fingerprint density at radius 3 is 3.00 bits per heavy atom. The minimum absolute atomic E-state index is 0.246. The average molecular weight is 239 g/mol. The quantitative estimate of drug-likeness (QED) is 0.847. The highest BCUT2D eigenvalue weighted by Gasteiger charge is 2.28. The summed E-state index contributed by atoms with van der Waals surface area (Å²) >= 11 is 0. The summed E-state index contributed by atoms with van der Waals surface area (Å²) in [4.78, 5) is 4.38. The van der Waals surface area contributed by atoms with Gasteiger partial charge in [-0.2, -0.15) is 4.98 Å². The first-order valence-corrected chi connectivity index (χ1v) is 6.35. The molecule has 0 spiro atoms. The molecule has 1 aliphatic rings. The summed E-state index contributed by atoms with van der Waals surface area (Å²) in [5, 5.41) is 3.98. The summed E-state index contributed by atoms with van der Waals surface area (Å²) in [5.41, 5.74) is 5.63. The minimum Gasteiger partial charge on any atom is -0.378 e. The van der Waals surface area contributed by atoms with E-state index in [4.69, 9.17) is 15.0 Å². The second-order valence-electron chi connectivity index (χ2n) is 5.02. The summed E-state index contributed by atoms with van der Waals surface area (Å²) in [6.45, 7) is 4.87. The van der Waals surface area contributed by atoms with E-state index in [-0.39, 0.29) is 6.10 Å². The molecule has 5 nitrogen and oxygen atoms in total. The molecule has 5 heteroatoms. The fraction of sp³-hybridized carbons (Fsp3) is 0.833. The lowest BCUT2D eigenvalue weighted by Crippen LogP contribution is -2.33. The Hall–Kier alpha value is -0.940. The number of nitrogens with two attached hydrogens (primary N) is 1. The number of ether oxygens (including phenoxy) is 1.